The van der Waals surface area contributed by atoms with E-state index >= 15 is 0 Å². The van der Waals surface area contributed by atoms with E-state index in [1.54, 1.807) is 41.3 Å². The Kier molecular flexibility index (Phi) is 6.85. The average Bonchev–Trinajstić information content (AvgIpc) is 2.82. The molecule has 178 valence electrons. The van der Waals surface area contributed by atoms with E-state index in [-0.39, 0.29) is 17.5 Å². The molecule has 0 aromatic heterocycles. The number of carbonyl (C=O) groups excluding carboxylic acids is 1. The molecular weight excluding hydrogens is 457 g/mol. The maximum atomic E-state index is 13.3. The summed E-state index contributed by atoms with van der Waals surface area (Å²) in [5.41, 5.74) is 4.30. The quantitative estimate of drug-likeness (QED) is 0.554. The summed E-state index contributed by atoms with van der Waals surface area (Å²) in [6.07, 6.45) is 0.655. The number of hydrogen-bond acceptors (Lipinski definition) is 5. The smallest absolute Gasteiger partial charge is 0.371 e. The van der Waals surface area contributed by atoms with Gasteiger partial charge in [-0.2, -0.15) is 13.6 Å². The predicted molar refractivity (Wildman–Crippen MR) is 128 cm³/mol. The van der Waals surface area contributed by atoms with Crippen LogP contribution in [0.5, 0.6) is 5.75 Å². The van der Waals surface area contributed by atoms with Crippen LogP contribution < -0.4 is 14.2 Å². The maximum Gasteiger partial charge on any atom is 0.380 e. The fourth-order valence-electron chi connectivity index (χ4n) is 4.11. The topological polar surface area (TPSA) is 92.9 Å². The lowest BCUT2D eigenvalue weighted by molar-refractivity contribution is 0.0734. The van der Waals surface area contributed by atoms with E-state index in [1.807, 2.05) is 25.1 Å². The van der Waals surface area contributed by atoms with Crippen molar-refractivity contribution in [3.63, 3.8) is 0 Å². The minimum atomic E-state index is -4.12. The zero-order valence-electron chi connectivity index (χ0n) is 18.8. The fourth-order valence-corrected chi connectivity index (χ4v) is 4.48. The third-order valence-corrected chi connectivity index (χ3v) is 6.24. The van der Waals surface area contributed by atoms with Crippen molar-refractivity contribution >= 4 is 21.9 Å². The Bertz CT molecular complexity index is 1300. The first-order valence-electron chi connectivity index (χ1n) is 10.9. The molecule has 0 atom stereocenters. The summed E-state index contributed by atoms with van der Waals surface area (Å²) in [5.74, 6) is -0.258. The van der Waals surface area contributed by atoms with Crippen LogP contribution in [-0.2, 0) is 29.8 Å². The average molecular weight is 484 g/mol. The molecule has 9 heteroatoms. The van der Waals surface area contributed by atoms with Crippen LogP contribution in [0, 0.1) is 5.82 Å². The molecule has 0 saturated heterocycles. The zero-order valence-corrected chi connectivity index (χ0v) is 19.6. The number of fused-ring (bicyclic) bond motifs is 1. The van der Waals surface area contributed by atoms with Crippen molar-refractivity contribution in [3.8, 4) is 5.75 Å². The Balaban J connectivity index is 1.51. The maximum absolute atomic E-state index is 13.3. The minimum absolute atomic E-state index is 0.108. The molecule has 0 fully saturated rings. The Hall–Kier alpha value is -3.43. The summed E-state index contributed by atoms with van der Waals surface area (Å²) in [4.78, 5) is 17.2. The molecule has 34 heavy (non-hydrogen) atoms. The Labute approximate surface area is 198 Å². The van der Waals surface area contributed by atoms with Crippen molar-refractivity contribution < 1.29 is 21.8 Å². The first-order valence-corrected chi connectivity index (χ1v) is 12.4. The highest BCUT2D eigenvalue weighted by Crippen LogP contribution is 2.26. The van der Waals surface area contributed by atoms with Gasteiger partial charge in [0.25, 0.3) is 5.91 Å². The predicted octanol–water partition coefficient (Wildman–Crippen LogP) is 3.63. The number of nitrogens with two attached hydrogens (primary N) is 1. The number of anilines is 1. The van der Waals surface area contributed by atoms with Gasteiger partial charge in [-0.25, -0.2) is 4.39 Å². The number of benzene rings is 3. The molecule has 3 aromatic rings. The summed E-state index contributed by atoms with van der Waals surface area (Å²) in [6, 6.07) is 18.8. The normalized spacial score (nSPS) is 13.3. The first-order chi connectivity index (χ1) is 16.2. The van der Waals surface area contributed by atoms with Gasteiger partial charge in [-0.05, 0) is 72.5 Å². The summed E-state index contributed by atoms with van der Waals surface area (Å²) in [7, 11) is -4.12. The van der Waals surface area contributed by atoms with Crippen LogP contribution in [0.15, 0.2) is 66.7 Å². The molecule has 0 spiro atoms. The molecule has 1 heterocycles. The molecule has 1 amide bonds. The molecule has 7 nitrogen and oxygen atoms in total. The van der Waals surface area contributed by atoms with E-state index in [0.717, 1.165) is 28.9 Å². The molecule has 1 aliphatic rings. The second-order valence-electron chi connectivity index (χ2n) is 8.17. The molecule has 2 N–H and O–H groups in total. The summed E-state index contributed by atoms with van der Waals surface area (Å²) >= 11 is 0. The van der Waals surface area contributed by atoms with Crippen LogP contribution in [0.2, 0.25) is 0 Å². The van der Waals surface area contributed by atoms with Crippen molar-refractivity contribution in [1.82, 2.24) is 4.90 Å². The molecule has 0 saturated carbocycles. The van der Waals surface area contributed by atoms with E-state index < -0.39 is 10.3 Å². The van der Waals surface area contributed by atoms with E-state index in [0.29, 0.717) is 31.6 Å². The van der Waals surface area contributed by atoms with Crippen LogP contribution >= 0.6 is 0 Å². The highest BCUT2D eigenvalue weighted by Gasteiger charge is 2.23. The number of hydrogen-bond donors (Lipinski definition) is 1. The minimum Gasteiger partial charge on any atom is -0.371 e. The van der Waals surface area contributed by atoms with Gasteiger partial charge in [0.1, 0.15) is 11.6 Å². The third kappa shape index (κ3) is 5.73. The molecule has 0 aliphatic carbocycles. The van der Waals surface area contributed by atoms with E-state index in [2.05, 4.69) is 4.90 Å². The number of amides is 1. The van der Waals surface area contributed by atoms with Crippen LogP contribution in [0.4, 0.5) is 10.1 Å². The molecule has 3 aromatic carbocycles. The molecule has 0 unspecified atom stereocenters. The molecule has 4 rings (SSSR count). The lowest BCUT2D eigenvalue weighted by Crippen LogP contribution is -2.36. The van der Waals surface area contributed by atoms with Crippen LogP contribution in [-0.4, -0.2) is 32.3 Å². The van der Waals surface area contributed by atoms with Gasteiger partial charge in [0.2, 0.25) is 0 Å². The molecule has 1 aliphatic heterocycles. The monoisotopic (exact) mass is 483 g/mol. The van der Waals surface area contributed by atoms with Gasteiger partial charge in [0.05, 0.1) is 0 Å². The largest absolute Gasteiger partial charge is 0.380 e. The first kappa shape index (κ1) is 23.7. The summed E-state index contributed by atoms with van der Waals surface area (Å²) < 4.78 is 40.5. The second-order valence-corrected chi connectivity index (χ2v) is 9.33. The lowest BCUT2D eigenvalue weighted by atomic mass is 9.98. The van der Waals surface area contributed by atoms with Gasteiger partial charge in [0.15, 0.2) is 0 Å². The van der Waals surface area contributed by atoms with Gasteiger partial charge in [-0.1, -0.05) is 24.3 Å². The second kappa shape index (κ2) is 9.82. The highest BCUT2D eigenvalue weighted by molar-refractivity contribution is 7.84. The van der Waals surface area contributed by atoms with E-state index in [4.69, 9.17) is 9.32 Å². The summed E-state index contributed by atoms with van der Waals surface area (Å²) in [5, 5.41) is 4.97. The zero-order chi connectivity index (χ0) is 24.3. The lowest BCUT2D eigenvalue weighted by Gasteiger charge is -2.30. The number of carbonyl (C=O) groups is 1. The number of rotatable bonds is 7. The number of nitrogens with zero attached hydrogens (tertiary/aromatic N) is 2. The Morgan fingerprint density at radius 1 is 1.09 bits per heavy atom. The van der Waals surface area contributed by atoms with Gasteiger partial charge >= 0.3 is 10.3 Å². The van der Waals surface area contributed by atoms with E-state index in [9.17, 15) is 17.6 Å². The summed E-state index contributed by atoms with van der Waals surface area (Å²) in [6.45, 7) is 4.24. The van der Waals surface area contributed by atoms with Crippen LogP contribution in [0.25, 0.3) is 0 Å². The van der Waals surface area contributed by atoms with Gasteiger partial charge in [0, 0.05) is 37.4 Å². The number of halogens is 1. The van der Waals surface area contributed by atoms with Gasteiger partial charge in [-0.15, -0.1) is 0 Å². The van der Waals surface area contributed by atoms with Gasteiger partial charge in [-0.3, -0.25) is 4.79 Å². The molecule has 0 radical (unpaired) electrons. The van der Waals surface area contributed by atoms with E-state index in [1.165, 1.54) is 12.1 Å². The molecular formula is C25H26FN3O4S. The van der Waals surface area contributed by atoms with Crippen molar-refractivity contribution in [2.45, 2.75) is 26.4 Å². The van der Waals surface area contributed by atoms with Gasteiger partial charge < -0.3 is 14.0 Å². The van der Waals surface area contributed by atoms with Crippen LogP contribution in [0.1, 0.15) is 34.0 Å². The Morgan fingerprint density at radius 2 is 1.85 bits per heavy atom. The SMILES string of the molecule is CCN(Cc1ccc(F)cc1)c1cccc(C(=O)N2CCc3ccc(OS(N)(=O)=O)cc3C2)c1. The molecule has 0 bridgehead atoms. The van der Waals surface area contributed by atoms with Crippen molar-refractivity contribution in [3.05, 3.63) is 94.8 Å². The Morgan fingerprint density at radius 3 is 2.56 bits per heavy atom. The fraction of sp³-hybridized carbons (Fsp3) is 0.240. The van der Waals surface area contributed by atoms with Crippen LogP contribution in [0.3, 0.4) is 0 Å². The van der Waals surface area contributed by atoms with Crippen molar-refractivity contribution in [2.24, 2.45) is 5.14 Å². The van der Waals surface area contributed by atoms with Crippen molar-refractivity contribution in [2.75, 3.05) is 18.0 Å². The highest BCUT2D eigenvalue weighted by atomic mass is 32.2. The third-order valence-electron chi connectivity index (χ3n) is 5.82. The van der Waals surface area contributed by atoms with Crippen molar-refractivity contribution in [1.29, 1.82) is 0 Å². The standard InChI is InChI=1S/C25H26FN3O4S/c1-2-28(16-18-6-9-22(26)10-7-18)23-5-3-4-20(14-23)25(30)29-13-12-19-8-11-24(15-21(19)17-29)33-34(27,31)32/h3-11,14-15H,2,12-13,16-17H2,1H3,(H2,27,31,32).